The van der Waals surface area contributed by atoms with Crippen molar-refractivity contribution in [3.8, 4) is 11.5 Å². The van der Waals surface area contributed by atoms with Gasteiger partial charge in [0.2, 0.25) is 0 Å². The number of ether oxygens (including phenoxy) is 2. The molecule has 4 aliphatic rings. The number of allylic oxidation sites excluding steroid dienone is 1. The van der Waals surface area contributed by atoms with Gasteiger partial charge >= 0.3 is 23.9 Å². The van der Waals surface area contributed by atoms with E-state index in [0.717, 1.165) is 48.3 Å². The molecule has 0 spiro atoms. The molecule has 0 aliphatic heterocycles. The first-order chi connectivity index (χ1) is 33.0. The molecule has 2 N–H and O–H groups in total. The average Bonchev–Trinajstić information content (AvgIpc) is 3.69. The van der Waals surface area contributed by atoms with Crippen molar-refractivity contribution in [3.05, 3.63) is 134 Å². The summed E-state index contributed by atoms with van der Waals surface area (Å²) < 4.78 is 11.2. The van der Waals surface area contributed by atoms with Crippen LogP contribution in [0.25, 0.3) is 5.57 Å². The molecule has 366 valence electrons. The highest BCUT2D eigenvalue weighted by Gasteiger charge is 2.60. The Bertz CT molecular complexity index is 2450. The van der Waals surface area contributed by atoms with E-state index in [1.165, 1.54) is 94.9 Å². The topological polar surface area (TPSA) is 127 Å². The number of hydrogen-bond donors (Lipinski definition) is 2. The van der Waals surface area contributed by atoms with Gasteiger partial charge in [0.25, 0.3) is 0 Å². The zero-order chi connectivity index (χ0) is 49.2. The van der Waals surface area contributed by atoms with Crippen molar-refractivity contribution >= 4 is 52.7 Å². The number of aromatic carboxylic acids is 2. The van der Waals surface area contributed by atoms with Crippen molar-refractivity contribution in [2.45, 2.75) is 125 Å². The first-order valence-electron chi connectivity index (χ1n) is 25.4. The van der Waals surface area contributed by atoms with Gasteiger partial charge in [0.15, 0.2) is 11.5 Å². The zero-order valence-electron chi connectivity index (χ0n) is 40.8. The number of halogens is 2. The van der Waals surface area contributed by atoms with Crippen LogP contribution >= 0.6 is 23.2 Å². The lowest BCUT2D eigenvalue weighted by Crippen LogP contribution is -2.53. The number of carboxylic acid groups (broad SMARTS) is 2. The van der Waals surface area contributed by atoms with Crippen molar-refractivity contribution in [3.63, 3.8) is 0 Å². The molecule has 4 aromatic rings. The summed E-state index contributed by atoms with van der Waals surface area (Å²) in [6, 6.07) is 22.2. The van der Waals surface area contributed by atoms with Crippen LogP contribution < -0.4 is 9.47 Å². The highest BCUT2D eigenvalue weighted by Crippen LogP contribution is 2.69. The van der Waals surface area contributed by atoms with Crippen LogP contribution in [0.5, 0.6) is 11.5 Å². The Morgan fingerprint density at radius 1 is 0.667 bits per heavy atom. The van der Waals surface area contributed by atoms with E-state index < -0.39 is 23.9 Å². The lowest BCUT2D eigenvalue weighted by molar-refractivity contribution is -0.121. The summed E-state index contributed by atoms with van der Waals surface area (Å²) in [6.07, 6.45) is 19.2. The molecule has 0 amide bonds. The molecule has 10 heteroatoms. The van der Waals surface area contributed by atoms with Crippen LogP contribution in [0.1, 0.15) is 177 Å². The van der Waals surface area contributed by atoms with E-state index >= 15 is 0 Å². The minimum Gasteiger partial charge on any atom is -0.478 e. The minimum atomic E-state index is -1.37. The van der Waals surface area contributed by atoms with E-state index in [-0.39, 0.29) is 43.8 Å². The number of carbonyl (C=O) groups excluding carboxylic acids is 2. The Hall–Kier alpha value is -4.92. The average molecular weight is 976 g/mol. The molecule has 4 saturated carbocycles. The summed E-state index contributed by atoms with van der Waals surface area (Å²) in [5.74, 6) is 1.12. The van der Waals surface area contributed by atoms with Gasteiger partial charge in [-0.25, -0.2) is 19.2 Å². The molecule has 0 bridgehead atoms. The van der Waals surface area contributed by atoms with Gasteiger partial charge < -0.3 is 19.7 Å². The van der Waals surface area contributed by atoms with E-state index in [0.29, 0.717) is 45.8 Å². The Labute approximate surface area is 418 Å². The monoisotopic (exact) mass is 974 g/mol. The first-order valence-corrected chi connectivity index (χ1v) is 26.1. The molecule has 69 heavy (non-hydrogen) atoms. The maximum absolute atomic E-state index is 13.1. The highest BCUT2D eigenvalue weighted by atomic mass is 35.5. The maximum atomic E-state index is 13.1. The lowest BCUT2D eigenvalue weighted by atomic mass is 9.44. The lowest BCUT2D eigenvalue weighted by Gasteiger charge is -2.61. The molecule has 1 unspecified atom stereocenters. The predicted molar refractivity (Wildman–Crippen MR) is 272 cm³/mol. The predicted octanol–water partition coefficient (Wildman–Crippen LogP) is 15.8. The van der Waals surface area contributed by atoms with Crippen LogP contribution in [0.15, 0.2) is 91.0 Å². The molecule has 0 saturated heterocycles. The number of carboxylic acids is 2. The fraction of sp³-hybridized carbons (Fsp3) is 0.492. The number of benzene rings is 4. The number of rotatable bonds is 16. The highest BCUT2D eigenvalue weighted by molar-refractivity contribution is 6.34. The van der Waals surface area contributed by atoms with Crippen molar-refractivity contribution in [1.82, 2.24) is 0 Å². The molecular formula is C59H68Cl2O8. The Kier molecular flexibility index (Phi) is 15.5. The first kappa shape index (κ1) is 50.5. The summed E-state index contributed by atoms with van der Waals surface area (Å²) >= 11 is 13.6. The molecule has 4 fully saturated rings. The summed E-state index contributed by atoms with van der Waals surface area (Å²) in [4.78, 5) is 52.0. The van der Waals surface area contributed by atoms with Gasteiger partial charge in [-0.1, -0.05) is 120 Å². The van der Waals surface area contributed by atoms with Gasteiger partial charge in [0.1, 0.15) is 11.1 Å². The summed E-state index contributed by atoms with van der Waals surface area (Å²) in [6.45, 7) is 12.5. The van der Waals surface area contributed by atoms with E-state index in [9.17, 15) is 29.4 Å². The number of hydrogen-bond acceptors (Lipinski definition) is 6. The van der Waals surface area contributed by atoms with Crippen molar-refractivity contribution < 1.29 is 38.9 Å². The third-order valence-corrected chi connectivity index (χ3v) is 18.0. The summed E-state index contributed by atoms with van der Waals surface area (Å²) in [7, 11) is 0. The van der Waals surface area contributed by atoms with Crippen LogP contribution in [0.3, 0.4) is 0 Å². The molecule has 0 radical (unpaired) electrons. The van der Waals surface area contributed by atoms with E-state index in [1.807, 2.05) is 6.08 Å². The quantitative estimate of drug-likeness (QED) is 0.0839. The number of fused-ring (bicyclic) bond motifs is 5. The van der Waals surface area contributed by atoms with Gasteiger partial charge in [0.05, 0.1) is 21.2 Å². The largest absolute Gasteiger partial charge is 0.478 e. The third-order valence-electron chi connectivity index (χ3n) is 17.5. The number of carbonyl (C=O) groups is 4. The van der Waals surface area contributed by atoms with Gasteiger partial charge in [-0.3, -0.25) is 0 Å². The standard InChI is InChI=1S/C59H68Cl2O8/c1-35(2)14-12-15-36(3)47-24-25-48-44-23-22-42-30-37(26-28-58(42,4)49(44)27-29-59(47,48)5)16-13-21-43(40-31-45(54(62)63)52(50(60)33-40)68-56(66)38-17-8-6-9-18-38)41-32-46(55(64)65)53(51(61)34-41)69-57(67)39-19-10-7-11-20-39/h6-11,17-21,31-37,42,44,47-49H,12-16,22-30H2,1-5H3,(H,62,63)(H,64,65)/t36?,37-,42-,44-,47+,48-,49-,58-,59+/m0/s1. The minimum absolute atomic E-state index is 0.118. The van der Waals surface area contributed by atoms with Crippen LogP contribution in [0, 0.1) is 58.2 Å². The molecule has 8 rings (SSSR count). The fourth-order valence-electron chi connectivity index (χ4n) is 14.0. The van der Waals surface area contributed by atoms with Gasteiger partial charge in [-0.2, -0.15) is 0 Å². The second-order valence-corrected chi connectivity index (χ2v) is 22.6. The Morgan fingerprint density at radius 3 is 1.74 bits per heavy atom. The van der Waals surface area contributed by atoms with E-state index in [2.05, 4.69) is 34.6 Å². The van der Waals surface area contributed by atoms with E-state index in [4.69, 9.17) is 32.7 Å². The van der Waals surface area contributed by atoms with Crippen molar-refractivity contribution in [2.24, 2.45) is 58.2 Å². The number of esters is 2. The molecule has 0 heterocycles. The SMILES string of the molecule is CC(C)CCCC(C)[C@H]1CC[C@H]2[C@@H]3CC[C@H]4C[C@@H](CCC=C(c5cc(Cl)c(OC(=O)c6ccccc6)c(C(=O)O)c5)c5cc(Cl)c(OC(=O)c6ccccc6)c(C(=O)O)c5)CC[C@]4(C)[C@H]3CC[C@]12C. The molecule has 9 atom stereocenters. The maximum Gasteiger partial charge on any atom is 0.343 e. The second-order valence-electron chi connectivity index (χ2n) is 21.8. The normalized spacial score (nSPS) is 26.5. The second kappa shape index (κ2) is 21.2. The summed E-state index contributed by atoms with van der Waals surface area (Å²) in [5.41, 5.74) is 1.75. The van der Waals surface area contributed by atoms with Gasteiger partial charge in [-0.15, -0.1) is 0 Å². The van der Waals surface area contributed by atoms with E-state index in [1.54, 1.807) is 60.7 Å². The zero-order valence-corrected chi connectivity index (χ0v) is 42.3. The molecule has 0 aromatic heterocycles. The molecule has 4 aromatic carbocycles. The fourth-order valence-corrected chi connectivity index (χ4v) is 14.5. The smallest absolute Gasteiger partial charge is 0.343 e. The van der Waals surface area contributed by atoms with Crippen LogP contribution in [-0.4, -0.2) is 34.1 Å². The Morgan fingerprint density at radius 2 is 1.20 bits per heavy atom. The third kappa shape index (κ3) is 10.6. The van der Waals surface area contributed by atoms with Crippen LogP contribution in [-0.2, 0) is 0 Å². The molecule has 8 nitrogen and oxygen atoms in total. The Balaban J connectivity index is 1.04. The van der Waals surface area contributed by atoms with Crippen LogP contribution in [0.2, 0.25) is 10.0 Å². The van der Waals surface area contributed by atoms with Gasteiger partial charge in [-0.05, 0) is 194 Å². The van der Waals surface area contributed by atoms with Gasteiger partial charge in [0, 0.05) is 0 Å². The van der Waals surface area contributed by atoms with Crippen molar-refractivity contribution in [2.75, 3.05) is 0 Å². The van der Waals surface area contributed by atoms with Crippen molar-refractivity contribution in [1.29, 1.82) is 0 Å². The molecular weight excluding hydrogens is 908 g/mol. The summed E-state index contributed by atoms with van der Waals surface area (Å²) in [5, 5.41) is 20.7. The van der Waals surface area contributed by atoms with Crippen LogP contribution in [0.4, 0.5) is 0 Å². The molecule has 4 aliphatic carbocycles.